The Hall–Kier alpha value is -3.06. The van der Waals surface area contributed by atoms with Crippen molar-refractivity contribution >= 4 is 48.7 Å². The van der Waals surface area contributed by atoms with Gasteiger partial charge in [-0.25, -0.2) is 18.2 Å². The molecule has 1 aliphatic rings. The number of nitrogens with zero attached hydrogens (tertiary/aromatic N) is 5. The van der Waals surface area contributed by atoms with Crippen LogP contribution in [-0.2, 0) is 14.8 Å². The average molecular weight is 602 g/mol. The summed E-state index contributed by atoms with van der Waals surface area (Å²) in [7, 11) is -3.78. The number of thiazole rings is 1. The first-order valence-electron chi connectivity index (χ1n) is 14.0. The normalized spacial score (nSPS) is 14.5. The third-order valence-corrected chi connectivity index (χ3v) is 10.5. The molecular weight excluding hydrogens is 562 g/mol. The highest BCUT2D eigenvalue weighted by atomic mass is 32.2. The Morgan fingerprint density at radius 2 is 1.63 bits per heavy atom. The highest BCUT2D eigenvalue weighted by Gasteiger charge is 2.31. The number of sulfonamides is 1. The van der Waals surface area contributed by atoms with Crippen LogP contribution in [0.4, 0.5) is 9.93 Å². The number of hydrogen-bond donors (Lipinski definition) is 0. The summed E-state index contributed by atoms with van der Waals surface area (Å²) in [4.78, 5) is 36.2. The summed E-state index contributed by atoms with van der Waals surface area (Å²) in [6, 6.07) is 10.2. The van der Waals surface area contributed by atoms with E-state index in [1.807, 2.05) is 13.0 Å². The third kappa shape index (κ3) is 6.88. The lowest BCUT2D eigenvalue weighted by Gasteiger charge is -2.33. The van der Waals surface area contributed by atoms with Crippen molar-refractivity contribution in [1.29, 1.82) is 0 Å². The molecule has 0 aliphatic carbocycles. The quantitative estimate of drug-likeness (QED) is 0.340. The van der Waals surface area contributed by atoms with Crippen LogP contribution in [0, 0.1) is 13.8 Å². The van der Waals surface area contributed by atoms with Crippen molar-refractivity contribution in [2.45, 2.75) is 39.5 Å². The van der Waals surface area contributed by atoms with Gasteiger partial charge in [0, 0.05) is 44.8 Å². The van der Waals surface area contributed by atoms with Crippen LogP contribution < -0.4 is 4.90 Å². The molecule has 12 heteroatoms. The maximum atomic E-state index is 13.8. The Morgan fingerprint density at radius 1 is 0.976 bits per heavy atom. The van der Waals surface area contributed by atoms with Gasteiger partial charge in [0.25, 0.3) is 5.91 Å². The van der Waals surface area contributed by atoms with Crippen molar-refractivity contribution in [2.24, 2.45) is 0 Å². The highest BCUT2D eigenvalue weighted by molar-refractivity contribution is 7.89. The van der Waals surface area contributed by atoms with E-state index in [4.69, 9.17) is 9.72 Å². The number of hydrogen-bond acceptors (Lipinski definition) is 8. The predicted molar refractivity (Wildman–Crippen MR) is 162 cm³/mol. The number of piperazine rings is 1. The summed E-state index contributed by atoms with van der Waals surface area (Å²) in [6.45, 7) is 14.1. The van der Waals surface area contributed by atoms with Crippen molar-refractivity contribution in [2.75, 3.05) is 63.9 Å². The molecule has 1 aromatic heterocycles. The van der Waals surface area contributed by atoms with E-state index in [0.717, 1.165) is 34.4 Å². The summed E-state index contributed by atoms with van der Waals surface area (Å²) in [5, 5.41) is 0.627. The molecule has 2 aromatic carbocycles. The number of ether oxygens (including phenoxy) is 1. The molecule has 10 nitrogen and oxygen atoms in total. The van der Waals surface area contributed by atoms with E-state index in [0.29, 0.717) is 23.8 Å². The summed E-state index contributed by atoms with van der Waals surface area (Å²) in [5.41, 5.74) is 3.50. The molecule has 3 aromatic rings. The Labute approximate surface area is 246 Å². The van der Waals surface area contributed by atoms with Crippen molar-refractivity contribution < 1.29 is 22.7 Å². The molecule has 2 amide bonds. The predicted octanol–water partition coefficient (Wildman–Crippen LogP) is 4.36. The Morgan fingerprint density at radius 3 is 2.24 bits per heavy atom. The van der Waals surface area contributed by atoms with Crippen LogP contribution in [0.25, 0.3) is 10.2 Å². The number of carbonyl (C=O) groups is 2. The van der Waals surface area contributed by atoms with E-state index in [2.05, 4.69) is 31.7 Å². The van der Waals surface area contributed by atoms with E-state index in [1.165, 1.54) is 32.7 Å². The van der Waals surface area contributed by atoms with Crippen molar-refractivity contribution in [3.8, 4) is 0 Å². The molecule has 2 heterocycles. The first-order valence-corrected chi connectivity index (χ1v) is 16.3. The van der Waals surface area contributed by atoms with Crippen molar-refractivity contribution in [1.82, 2.24) is 19.1 Å². The zero-order valence-corrected chi connectivity index (χ0v) is 26.1. The molecule has 4 rings (SSSR count). The van der Waals surface area contributed by atoms with Gasteiger partial charge >= 0.3 is 6.09 Å². The lowest BCUT2D eigenvalue weighted by Crippen LogP contribution is -2.50. The van der Waals surface area contributed by atoms with E-state index in [1.54, 1.807) is 24.0 Å². The smallest absolute Gasteiger partial charge is 0.409 e. The number of amides is 2. The van der Waals surface area contributed by atoms with Crippen LogP contribution in [0.15, 0.2) is 41.3 Å². The van der Waals surface area contributed by atoms with Gasteiger partial charge in [-0.2, -0.15) is 4.31 Å². The van der Waals surface area contributed by atoms with Gasteiger partial charge in [-0.15, -0.1) is 0 Å². The van der Waals surface area contributed by atoms with E-state index < -0.39 is 16.1 Å². The molecular formula is C29H39N5O5S2. The number of aryl methyl sites for hydroxylation is 2. The molecule has 222 valence electrons. The molecule has 0 N–H and O–H groups in total. The van der Waals surface area contributed by atoms with E-state index in [-0.39, 0.29) is 43.6 Å². The SMILES string of the molecule is CCOC(=O)N1CCN(S(=O)(=O)c2ccc(C(=O)N(CCN(CC)CC)c3nc4cc(C)cc(C)c4s3)cc2)CC1. The van der Waals surface area contributed by atoms with Gasteiger partial charge in [-0.1, -0.05) is 31.3 Å². The maximum Gasteiger partial charge on any atom is 0.409 e. The number of carbonyl (C=O) groups excluding carboxylic acids is 2. The maximum absolute atomic E-state index is 13.8. The van der Waals surface area contributed by atoms with Gasteiger partial charge in [0.15, 0.2) is 5.13 Å². The van der Waals surface area contributed by atoms with Crippen LogP contribution in [-0.4, -0.2) is 98.5 Å². The van der Waals surface area contributed by atoms with Crippen LogP contribution in [0.3, 0.4) is 0 Å². The molecule has 1 saturated heterocycles. The van der Waals surface area contributed by atoms with Gasteiger partial charge < -0.3 is 14.5 Å². The fourth-order valence-corrected chi connectivity index (χ4v) is 7.41. The minimum atomic E-state index is -3.78. The minimum Gasteiger partial charge on any atom is -0.450 e. The number of rotatable bonds is 10. The number of benzene rings is 2. The summed E-state index contributed by atoms with van der Waals surface area (Å²) in [6.07, 6.45) is -0.434. The standard InChI is InChI=1S/C29H39N5O5S2/c1-6-31(7-2)13-18-34(28-30-25-20-21(4)19-22(5)26(25)40-28)27(35)23-9-11-24(12-10-23)41(37,38)33-16-14-32(15-17-33)29(36)39-8-3/h9-12,19-20H,6-8,13-18H2,1-5H3. The first-order chi connectivity index (χ1) is 19.6. The molecule has 0 saturated carbocycles. The zero-order chi connectivity index (χ0) is 29.7. The lowest BCUT2D eigenvalue weighted by molar-refractivity contribution is 0.0933. The molecule has 0 radical (unpaired) electrons. The monoisotopic (exact) mass is 601 g/mol. The van der Waals surface area contributed by atoms with E-state index >= 15 is 0 Å². The second-order valence-electron chi connectivity index (χ2n) is 10.0. The van der Waals surface area contributed by atoms with Gasteiger partial charge in [-0.05, 0) is 75.3 Å². The zero-order valence-electron chi connectivity index (χ0n) is 24.4. The van der Waals surface area contributed by atoms with Crippen LogP contribution >= 0.6 is 11.3 Å². The summed E-state index contributed by atoms with van der Waals surface area (Å²) < 4.78 is 34.1. The van der Waals surface area contributed by atoms with Crippen LogP contribution in [0.2, 0.25) is 0 Å². The number of fused-ring (bicyclic) bond motifs is 1. The largest absolute Gasteiger partial charge is 0.450 e. The highest BCUT2D eigenvalue weighted by Crippen LogP contribution is 2.33. The molecule has 0 spiro atoms. The molecule has 1 fully saturated rings. The molecule has 41 heavy (non-hydrogen) atoms. The minimum absolute atomic E-state index is 0.111. The fourth-order valence-electron chi connectivity index (χ4n) is 4.95. The van der Waals surface area contributed by atoms with Crippen LogP contribution in [0.5, 0.6) is 0 Å². The van der Waals surface area contributed by atoms with Crippen molar-refractivity contribution in [3.63, 3.8) is 0 Å². The molecule has 0 unspecified atom stereocenters. The third-order valence-electron chi connectivity index (χ3n) is 7.32. The van der Waals surface area contributed by atoms with Gasteiger partial charge in [0.2, 0.25) is 10.0 Å². The second kappa shape index (κ2) is 13.3. The molecule has 0 atom stereocenters. The van der Waals surface area contributed by atoms with Crippen molar-refractivity contribution in [3.05, 3.63) is 53.1 Å². The van der Waals surface area contributed by atoms with Gasteiger partial charge in [0.05, 0.1) is 21.7 Å². The topological polar surface area (TPSA) is 103 Å². The fraction of sp³-hybridized carbons (Fsp3) is 0.483. The number of aromatic nitrogens is 1. The molecule has 1 aliphatic heterocycles. The Balaban J connectivity index is 1.55. The molecule has 0 bridgehead atoms. The second-order valence-corrected chi connectivity index (χ2v) is 12.9. The Kier molecular flexibility index (Phi) is 10.0. The Bertz CT molecular complexity index is 1480. The van der Waals surface area contributed by atoms with E-state index in [9.17, 15) is 18.0 Å². The summed E-state index contributed by atoms with van der Waals surface area (Å²) in [5.74, 6) is -0.224. The number of anilines is 1. The average Bonchev–Trinajstić information content (AvgIpc) is 3.39. The first kappa shape index (κ1) is 30.9. The van der Waals surface area contributed by atoms with Crippen LogP contribution in [0.1, 0.15) is 42.3 Å². The lowest BCUT2D eigenvalue weighted by atomic mass is 10.1. The van der Waals surface area contributed by atoms with Gasteiger partial charge in [0.1, 0.15) is 0 Å². The summed E-state index contributed by atoms with van der Waals surface area (Å²) >= 11 is 1.50. The number of likely N-dealkylation sites (N-methyl/N-ethyl adjacent to an activating group) is 1. The van der Waals surface area contributed by atoms with Gasteiger partial charge in [-0.3, -0.25) is 9.69 Å².